The van der Waals surface area contributed by atoms with E-state index in [1.807, 2.05) is 4.68 Å². The molecule has 5 fully saturated rings. The molecule has 0 aromatic carbocycles. The molecule has 0 saturated heterocycles. The Bertz CT molecular complexity index is 670. The van der Waals surface area contributed by atoms with Gasteiger partial charge in [0.25, 0.3) is 0 Å². The average molecular weight is 373 g/mol. The van der Waals surface area contributed by atoms with E-state index in [1.165, 1.54) is 44.9 Å². The minimum atomic E-state index is -0.987. The van der Waals surface area contributed by atoms with E-state index in [-0.39, 0.29) is 17.3 Å². The summed E-state index contributed by atoms with van der Waals surface area (Å²) in [6.07, 6.45) is 14.6. The highest BCUT2D eigenvalue weighted by Crippen LogP contribution is 2.57. The molecule has 0 unspecified atom stereocenters. The van der Waals surface area contributed by atoms with Gasteiger partial charge in [0.2, 0.25) is 0 Å². The zero-order valence-corrected chi connectivity index (χ0v) is 16.1. The molecule has 27 heavy (non-hydrogen) atoms. The number of nitrogens with zero attached hydrogens (tertiary/aromatic N) is 3. The molecule has 5 saturated carbocycles. The zero-order valence-electron chi connectivity index (χ0n) is 16.1. The number of hydrogen-bond acceptors (Lipinski definition) is 4. The first-order valence-corrected chi connectivity index (χ1v) is 10.9. The van der Waals surface area contributed by atoms with Crippen molar-refractivity contribution in [2.45, 2.75) is 95.3 Å². The van der Waals surface area contributed by atoms with Gasteiger partial charge < -0.3 is 9.84 Å². The average Bonchev–Trinajstić information content (AvgIpc) is 2.85. The lowest BCUT2D eigenvalue weighted by Crippen LogP contribution is -2.52. The number of rotatable bonds is 5. The van der Waals surface area contributed by atoms with Crippen molar-refractivity contribution >= 4 is 5.97 Å². The number of hydrogen-bond donors (Lipinski definition) is 1. The first-order chi connectivity index (χ1) is 13.1. The molecule has 0 amide bonds. The van der Waals surface area contributed by atoms with Crippen molar-refractivity contribution in [3.05, 3.63) is 11.4 Å². The van der Waals surface area contributed by atoms with Crippen LogP contribution in [0.4, 0.5) is 0 Å². The van der Waals surface area contributed by atoms with Crippen LogP contribution in [-0.2, 0) is 11.3 Å². The Hall–Kier alpha value is -1.43. The van der Waals surface area contributed by atoms with Gasteiger partial charge in [-0.2, -0.15) is 0 Å². The van der Waals surface area contributed by atoms with E-state index in [9.17, 15) is 9.90 Å². The second-order valence-corrected chi connectivity index (χ2v) is 9.67. The summed E-state index contributed by atoms with van der Waals surface area (Å²) in [5.74, 6) is 1.47. The molecule has 1 aromatic heterocycles. The summed E-state index contributed by atoms with van der Waals surface area (Å²) in [4.78, 5) is 11.7. The van der Waals surface area contributed by atoms with Crippen LogP contribution in [0.5, 0.6) is 0 Å². The molecule has 148 valence electrons. The maximum absolute atomic E-state index is 11.7. The summed E-state index contributed by atoms with van der Waals surface area (Å²) in [5.41, 5.74) is 0.748. The van der Waals surface area contributed by atoms with Crippen molar-refractivity contribution in [3.8, 4) is 0 Å². The predicted molar refractivity (Wildman–Crippen MR) is 99.4 cm³/mol. The van der Waals surface area contributed by atoms with Crippen LogP contribution in [-0.4, -0.2) is 31.7 Å². The Balaban J connectivity index is 1.37. The fraction of sp³-hybridized carbons (Fsp3) is 0.857. The summed E-state index contributed by atoms with van der Waals surface area (Å²) >= 11 is 0. The van der Waals surface area contributed by atoms with Crippen LogP contribution >= 0.6 is 0 Å². The molecule has 0 aliphatic heterocycles. The van der Waals surface area contributed by atoms with Gasteiger partial charge in [0.1, 0.15) is 0 Å². The van der Waals surface area contributed by atoms with E-state index in [0.29, 0.717) is 12.3 Å². The maximum Gasteiger partial charge on any atom is 0.358 e. The Morgan fingerprint density at radius 2 is 1.63 bits per heavy atom. The number of carboxylic acid groups (broad SMARTS) is 1. The van der Waals surface area contributed by atoms with Gasteiger partial charge in [-0.15, -0.1) is 5.10 Å². The van der Waals surface area contributed by atoms with Crippen LogP contribution in [0.3, 0.4) is 0 Å². The number of ether oxygens (including phenoxy) is 1. The molecular weight excluding hydrogens is 342 g/mol. The smallest absolute Gasteiger partial charge is 0.358 e. The van der Waals surface area contributed by atoms with Gasteiger partial charge in [0.15, 0.2) is 5.69 Å². The van der Waals surface area contributed by atoms with E-state index in [2.05, 4.69) is 10.3 Å². The molecule has 0 atom stereocenters. The molecule has 5 aliphatic carbocycles. The lowest BCUT2D eigenvalue weighted by atomic mass is 9.54. The van der Waals surface area contributed by atoms with Crippen molar-refractivity contribution in [2.75, 3.05) is 0 Å². The monoisotopic (exact) mass is 373 g/mol. The van der Waals surface area contributed by atoms with Crippen LogP contribution in [0.25, 0.3) is 0 Å². The molecule has 5 aliphatic rings. The minimum absolute atomic E-state index is 0.0247. The highest BCUT2D eigenvalue weighted by molar-refractivity contribution is 5.86. The summed E-state index contributed by atoms with van der Waals surface area (Å²) in [6, 6.07) is 0.267. The Labute approximate surface area is 160 Å². The normalized spacial score (nSPS) is 36.1. The van der Waals surface area contributed by atoms with E-state index in [4.69, 9.17) is 4.74 Å². The van der Waals surface area contributed by atoms with Crippen molar-refractivity contribution in [3.63, 3.8) is 0 Å². The molecule has 0 spiro atoms. The van der Waals surface area contributed by atoms with Gasteiger partial charge in [0, 0.05) is 0 Å². The van der Waals surface area contributed by atoms with Crippen LogP contribution in [0.15, 0.2) is 0 Å². The Morgan fingerprint density at radius 3 is 2.19 bits per heavy atom. The van der Waals surface area contributed by atoms with Crippen molar-refractivity contribution in [1.82, 2.24) is 15.0 Å². The van der Waals surface area contributed by atoms with Crippen molar-refractivity contribution in [1.29, 1.82) is 0 Å². The lowest BCUT2D eigenvalue weighted by Gasteiger charge is -2.56. The topological polar surface area (TPSA) is 77.2 Å². The third-order valence-electron chi connectivity index (χ3n) is 7.66. The predicted octanol–water partition coefficient (Wildman–Crippen LogP) is 4.36. The fourth-order valence-corrected chi connectivity index (χ4v) is 6.84. The first kappa shape index (κ1) is 17.7. The summed E-state index contributed by atoms with van der Waals surface area (Å²) in [6.45, 7) is 0.345. The minimum Gasteiger partial charge on any atom is -0.476 e. The quantitative estimate of drug-likeness (QED) is 0.776. The molecule has 1 aromatic rings. The van der Waals surface area contributed by atoms with E-state index in [0.717, 1.165) is 49.9 Å². The van der Waals surface area contributed by atoms with E-state index >= 15 is 0 Å². The molecule has 6 heteroatoms. The Kier molecular flexibility index (Phi) is 4.49. The maximum atomic E-state index is 11.7. The highest BCUT2D eigenvalue weighted by Gasteiger charge is 2.51. The Morgan fingerprint density at radius 1 is 1.04 bits per heavy atom. The van der Waals surface area contributed by atoms with Gasteiger partial charge in [0.05, 0.1) is 23.9 Å². The highest BCUT2D eigenvalue weighted by atomic mass is 16.5. The second kappa shape index (κ2) is 6.87. The third-order valence-corrected chi connectivity index (χ3v) is 7.66. The number of aromatic carboxylic acids is 1. The van der Waals surface area contributed by atoms with Crippen molar-refractivity contribution in [2.24, 2.45) is 17.8 Å². The van der Waals surface area contributed by atoms with Crippen LogP contribution in [0.1, 0.15) is 99.3 Å². The van der Waals surface area contributed by atoms with E-state index in [1.54, 1.807) is 0 Å². The summed E-state index contributed by atoms with van der Waals surface area (Å²) in [5, 5.41) is 17.9. The van der Waals surface area contributed by atoms with Gasteiger partial charge >= 0.3 is 5.97 Å². The molecular formula is C21H31N3O3. The van der Waals surface area contributed by atoms with Gasteiger partial charge in [-0.05, 0) is 69.1 Å². The second-order valence-electron chi connectivity index (χ2n) is 9.67. The van der Waals surface area contributed by atoms with Gasteiger partial charge in [-0.1, -0.05) is 30.9 Å². The largest absolute Gasteiger partial charge is 0.476 e. The SMILES string of the molecule is O=C(O)c1nnn(C2CCCCCC2)c1COC12CC3CC(CC(C3)C1)C2. The summed E-state index contributed by atoms with van der Waals surface area (Å²) < 4.78 is 8.47. The molecule has 6 nitrogen and oxygen atoms in total. The lowest BCUT2D eigenvalue weighted by molar-refractivity contribution is -0.170. The van der Waals surface area contributed by atoms with Crippen molar-refractivity contribution < 1.29 is 14.6 Å². The number of carbonyl (C=O) groups is 1. The molecule has 0 radical (unpaired) electrons. The standard InChI is InChI=1S/C21H31N3O3/c25-20(26)19-18(24(23-22-19)17-5-3-1-2-4-6-17)13-27-21-10-14-7-15(11-21)9-16(8-14)12-21/h14-17H,1-13H2,(H,25,26). The molecule has 6 rings (SSSR count). The summed E-state index contributed by atoms with van der Waals surface area (Å²) in [7, 11) is 0. The fourth-order valence-electron chi connectivity index (χ4n) is 6.84. The molecule has 1 heterocycles. The van der Waals surface area contributed by atoms with Crippen LogP contribution in [0.2, 0.25) is 0 Å². The van der Waals surface area contributed by atoms with Crippen LogP contribution < -0.4 is 0 Å². The van der Waals surface area contributed by atoms with Gasteiger partial charge in [-0.3, -0.25) is 0 Å². The molecule has 4 bridgehead atoms. The first-order valence-electron chi connectivity index (χ1n) is 10.9. The molecule has 1 N–H and O–H groups in total. The van der Waals surface area contributed by atoms with Gasteiger partial charge in [-0.25, -0.2) is 9.48 Å². The van der Waals surface area contributed by atoms with E-state index < -0.39 is 5.97 Å². The van der Waals surface area contributed by atoms with Crippen LogP contribution in [0, 0.1) is 17.8 Å². The number of aromatic nitrogens is 3. The third kappa shape index (κ3) is 3.30. The zero-order chi connectivity index (χ0) is 18.4. The number of carboxylic acids is 1.